The smallest absolute Gasteiger partial charge is 0.357 e. The fourth-order valence-corrected chi connectivity index (χ4v) is 2.49. The molecule has 0 amide bonds. The summed E-state index contributed by atoms with van der Waals surface area (Å²) in [4.78, 5) is 16.4. The minimum absolute atomic E-state index is 0.00686. The molecule has 0 unspecified atom stereocenters. The van der Waals surface area contributed by atoms with Gasteiger partial charge in [-0.15, -0.1) is 0 Å². The highest BCUT2D eigenvalue weighted by atomic mass is 35.5. The van der Waals surface area contributed by atoms with Crippen LogP contribution >= 0.6 is 11.6 Å². The van der Waals surface area contributed by atoms with E-state index in [1.54, 1.807) is 6.20 Å². The van der Waals surface area contributed by atoms with Crippen molar-refractivity contribution in [1.82, 2.24) is 4.73 Å². The highest BCUT2D eigenvalue weighted by Crippen LogP contribution is 2.16. The number of rotatable bonds is 12. The monoisotopic (exact) mass is 315 g/mol. The SMILES string of the molecule is CCCCCCCCCCCOn1ccc(Cl)c1C(=O)O. The molecule has 21 heavy (non-hydrogen) atoms. The first-order valence-corrected chi connectivity index (χ1v) is 8.28. The largest absolute Gasteiger partial charge is 0.476 e. The minimum Gasteiger partial charge on any atom is -0.476 e. The number of carboxylic acid groups (broad SMARTS) is 1. The van der Waals surface area contributed by atoms with Gasteiger partial charge in [0.2, 0.25) is 0 Å². The number of carbonyl (C=O) groups is 1. The van der Waals surface area contributed by atoms with Crippen LogP contribution in [0.1, 0.15) is 75.2 Å². The van der Waals surface area contributed by atoms with E-state index in [4.69, 9.17) is 21.5 Å². The number of carboxylic acids is 1. The average Bonchev–Trinajstić information content (AvgIpc) is 2.82. The Balaban J connectivity index is 2.06. The van der Waals surface area contributed by atoms with Gasteiger partial charge in [0.05, 0.1) is 5.02 Å². The lowest BCUT2D eigenvalue weighted by Crippen LogP contribution is -2.17. The van der Waals surface area contributed by atoms with Gasteiger partial charge >= 0.3 is 5.97 Å². The molecule has 0 fully saturated rings. The number of unbranched alkanes of at least 4 members (excludes halogenated alkanes) is 8. The Morgan fingerprint density at radius 1 is 1.14 bits per heavy atom. The molecule has 1 heterocycles. The second-order valence-corrected chi connectivity index (χ2v) is 5.71. The molecule has 0 bridgehead atoms. The molecule has 0 aliphatic carbocycles. The van der Waals surface area contributed by atoms with Crippen molar-refractivity contribution in [3.8, 4) is 0 Å². The zero-order valence-corrected chi connectivity index (χ0v) is 13.6. The molecule has 0 spiro atoms. The number of hydrogen-bond donors (Lipinski definition) is 1. The number of hydrogen-bond acceptors (Lipinski definition) is 2. The van der Waals surface area contributed by atoms with Crippen molar-refractivity contribution in [3.05, 3.63) is 23.0 Å². The van der Waals surface area contributed by atoms with E-state index < -0.39 is 5.97 Å². The Hall–Kier alpha value is -1.16. The number of halogens is 1. The maximum absolute atomic E-state index is 11.0. The summed E-state index contributed by atoms with van der Waals surface area (Å²) in [5, 5.41) is 9.21. The minimum atomic E-state index is -1.07. The maximum atomic E-state index is 11.0. The number of aromatic nitrogens is 1. The van der Waals surface area contributed by atoms with Crippen LogP contribution in [0.15, 0.2) is 12.3 Å². The van der Waals surface area contributed by atoms with Gasteiger partial charge in [-0.3, -0.25) is 0 Å². The summed E-state index contributed by atoms with van der Waals surface area (Å²) >= 11 is 5.79. The van der Waals surface area contributed by atoms with E-state index in [2.05, 4.69) is 6.92 Å². The molecule has 4 nitrogen and oxygen atoms in total. The first-order valence-electron chi connectivity index (χ1n) is 7.90. The van der Waals surface area contributed by atoms with Gasteiger partial charge < -0.3 is 9.94 Å². The van der Waals surface area contributed by atoms with Crippen molar-refractivity contribution in [2.24, 2.45) is 0 Å². The normalized spacial score (nSPS) is 10.8. The van der Waals surface area contributed by atoms with Crippen molar-refractivity contribution >= 4 is 17.6 Å². The van der Waals surface area contributed by atoms with Gasteiger partial charge in [-0.25, -0.2) is 4.79 Å². The second-order valence-electron chi connectivity index (χ2n) is 5.30. The summed E-state index contributed by atoms with van der Waals surface area (Å²) in [6.45, 7) is 2.74. The van der Waals surface area contributed by atoms with Gasteiger partial charge in [0.15, 0.2) is 5.69 Å². The zero-order chi connectivity index (χ0) is 15.5. The van der Waals surface area contributed by atoms with Gasteiger partial charge in [-0.2, -0.15) is 4.73 Å². The van der Waals surface area contributed by atoms with Crippen molar-refractivity contribution in [2.45, 2.75) is 64.7 Å². The summed E-state index contributed by atoms with van der Waals surface area (Å²) in [7, 11) is 0. The van der Waals surface area contributed by atoms with Gasteiger partial charge in [0, 0.05) is 6.20 Å². The van der Waals surface area contributed by atoms with Crippen molar-refractivity contribution in [2.75, 3.05) is 6.61 Å². The first kappa shape index (κ1) is 17.9. The van der Waals surface area contributed by atoms with Gasteiger partial charge in [-0.1, -0.05) is 63.5 Å². The van der Waals surface area contributed by atoms with Crippen LogP contribution in [0.25, 0.3) is 0 Å². The van der Waals surface area contributed by atoms with Crippen LogP contribution in [-0.4, -0.2) is 22.4 Å². The van der Waals surface area contributed by atoms with Gasteiger partial charge in [-0.05, 0) is 18.9 Å². The molecule has 1 aromatic heterocycles. The highest BCUT2D eigenvalue weighted by molar-refractivity contribution is 6.33. The predicted octanol–water partition coefficient (Wildman–Crippen LogP) is 4.80. The molecule has 0 radical (unpaired) electrons. The fraction of sp³-hybridized carbons (Fsp3) is 0.688. The lowest BCUT2D eigenvalue weighted by Gasteiger charge is -2.08. The molecule has 1 aromatic rings. The summed E-state index contributed by atoms with van der Waals surface area (Å²) in [5.41, 5.74) is -0.00686. The number of aromatic carboxylic acids is 1. The van der Waals surface area contributed by atoms with E-state index >= 15 is 0 Å². The number of nitrogens with zero attached hydrogens (tertiary/aromatic N) is 1. The highest BCUT2D eigenvalue weighted by Gasteiger charge is 2.15. The zero-order valence-electron chi connectivity index (χ0n) is 12.8. The van der Waals surface area contributed by atoms with Crippen molar-refractivity contribution < 1.29 is 14.7 Å². The van der Waals surface area contributed by atoms with Gasteiger partial charge in [0.25, 0.3) is 0 Å². The molecule has 0 aliphatic rings. The van der Waals surface area contributed by atoms with E-state index in [9.17, 15) is 4.79 Å². The van der Waals surface area contributed by atoms with Gasteiger partial charge in [0.1, 0.15) is 6.61 Å². The summed E-state index contributed by atoms with van der Waals surface area (Å²) in [6.07, 6.45) is 12.7. The van der Waals surface area contributed by atoms with Crippen LogP contribution in [0.5, 0.6) is 0 Å². The second kappa shape index (κ2) is 10.6. The fourth-order valence-electron chi connectivity index (χ4n) is 2.27. The molecular formula is C16H26ClNO3. The van der Waals surface area contributed by atoms with Crippen LogP contribution in [0.3, 0.4) is 0 Å². The quantitative estimate of drug-likeness (QED) is 0.564. The lowest BCUT2D eigenvalue weighted by molar-refractivity contribution is 0.0589. The Bertz CT molecular complexity index is 418. The summed E-state index contributed by atoms with van der Waals surface area (Å²) in [6, 6.07) is 1.53. The van der Waals surface area contributed by atoms with Crippen molar-refractivity contribution in [1.29, 1.82) is 0 Å². The third-order valence-electron chi connectivity index (χ3n) is 3.48. The molecule has 0 saturated heterocycles. The third kappa shape index (κ3) is 6.89. The standard InChI is InChI=1S/C16H26ClNO3/c1-2-3-4-5-6-7-8-9-10-13-21-18-12-11-14(17)15(18)16(19)20/h11-12H,2-10,13H2,1H3,(H,19,20). The van der Waals surface area contributed by atoms with Crippen LogP contribution in [0.4, 0.5) is 0 Å². The van der Waals surface area contributed by atoms with E-state index in [1.165, 1.54) is 55.7 Å². The third-order valence-corrected chi connectivity index (χ3v) is 3.79. The van der Waals surface area contributed by atoms with Crippen LogP contribution in [0.2, 0.25) is 5.02 Å². The Morgan fingerprint density at radius 3 is 2.29 bits per heavy atom. The molecule has 1 rings (SSSR count). The van der Waals surface area contributed by atoms with Crippen LogP contribution in [0, 0.1) is 0 Å². The van der Waals surface area contributed by atoms with E-state index in [0.717, 1.165) is 12.8 Å². The molecule has 0 aliphatic heterocycles. The summed E-state index contributed by atoms with van der Waals surface area (Å²) < 4.78 is 1.25. The molecular weight excluding hydrogens is 290 g/mol. The lowest BCUT2D eigenvalue weighted by atomic mass is 10.1. The Morgan fingerprint density at radius 2 is 1.71 bits per heavy atom. The Labute approximate surface area is 132 Å². The molecule has 1 N–H and O–H groups in total. The molecule has 0 atom stereocenters. The maximum Gasteiger partial charge on any atom is 0.357 e. The summed E-state index contributed by atoms with van der Waals surface area (Å²) in [5.74, 6) is -1.07. The van der Waals surface area contributed by atoms with E-state index in [1.807, 2.05) is 0 Å². The molecule has 120 valence electrons. The van der Waals surface area contributed by atoms with E-state index in [-0.39, 0.29) is 10.7 Å². The van der Waals surface area contributed by atoms with Crippen molar-refractivity contribution in [3.63, 3.8) is 0 Å². The average molecular weight is 316 g/mol. The van der Waals surface area contributed by atoms with E-state index in [0.29, 0.717) is 6.61 Å². The predicted molar refractivity (Wildman–Crippen MR) is 85.1 cm³/mol. The topological polar surface area (TPSA) is 51.5 Å². The first-order chi connectivity index (χ1) is 10.2. The molecule has 0 aromatic carbocycles. The van der Waals surface area contributed by atoms with Crippen LogP contribution in [-0.2, 0) is 0 Å². The van der Waals surface area contributed by atoms with Crippen LogP contribution < -0.4 is 4.84 Å². The molecule has 5 heteroatoms. The Kier molecular flexibility index (Phi) is 8.99. The molecule has 0 saturated carbocycles.